The van der Waals surface area contributed by atoms with Gasteiger partial charge in [-0.15, -0.1) is 0 Å². The van der Waals surface area contributed by atoms with E-state index in [1.54, 1.807) is 138 Å². The van der Waals surface area contributed by atoms with Gasteiger partial charge in [0.1, 0.15) is 51.6 Å². The van der Waals surface area contributed by atoms with Crippen LogP contribution in [0.4, 0.5) is 4.79 Å². The predicted octanol–water partition coefficient (Wildman–Crippen LogP) is 7.84. The molecule has 0 aromatic heterocycles. The van der Waals surface area contributed by atoms with Crippen LogP contribution in [0.2, 0.25) is 0 Å². The minimum Gasteiger partial charge on any atom is -0.508 e. The van der Waals surface area contributed by atoms with Gasteiger partial charge in [0.25, 0.3) is 0 Å². The van der Waals surface area contributed by atoms with Crippen molar-refractivity contribution in [2.75, 3.05) is 39.3 Å². The van der Waals surface area contributed by atoms with E-state index in [2.05, 4.69) is 21.3 Å². The summed E-state index contributed by atoms with van der Waals surface area (Å²) in [6.45, 7) is 26.7. The molecule has 0 saturated carbocycles. The number of nitrogens with zero attached hydrogens (tertiary/aromatic N) is 2. The predicted molar refractivity (Wildman–Crippen MR) is 327 cm³/mol. The number of amides is 4. The maximum atomic E-state index is 13.3. The first-order chi connectivity index (χ1) is 40.1. The highest BCUT2D eigenvalue weighted by molar-refractivity contribution is 5.87. The van der Waals surface area contributed by atoms with Crippen molar-refractivity contribution in [2.24, 2.45) is 0 Å². The number of carboxylic acids is 1. The molecule has 7 N–H and O–H groups in total. The lowest BCUT2D eigenvalue weighted by atomic mass is 10.0. The van der Waals surface area contributed by atoms with Gasteiger partial charge >= 0.3 is 41.8 Å². The van der Waals surface area contributed by atoms with E-state index in [-0.39, 0.29) is 108 Å². The van der Waals surface area contributed by atoms with Crippen LogP contribution in [0, 0.1) is 0 Å². The molecule has 2 rings (SSSR count). The van der Waals surface area contributed by atoms with Crippen molar-refractivity contribution in [1.82, 2.24) is 31.1 Å². The van der Waals surface area contributed by atoms with E-state index in [0.717, 1.165) is 5.56 Å². The number of carboxylic acid groups (broad SMARTS) is 1. The number of carbonyl (C=O) groups excluding carboxylic acids is 8. The third-order valence-electron chi connectivity index (χ3n) is 12.3. The second kappa shape index (κ2) is 35.7. The van der Waals surface area contributed by atoms with Crippen molar-refractivity contribution in [1.29, 1.82) is 0 Å². The highest BCUT2D eigenvalue weighted by Crippen LogP contribution is 2.25. The molecular weight excluding hydrogens is 1120 g/mol. The van der Waals surface area contributed by atoms with Crippen LogP contribution >= 0.6 is 0 Å². The van der Waals surface area contributed by atoms with Crippen molar-refractivity contribution >= 4 is 53.7 Å². The smallest absolute Gasteiger partial charge is 0.329 e. The van der Waals surface area contributed by atoms with Gasteiger partial charge in [-0.05, 0) is 178 Å². The summed E-state index contributed by atoms with van der Waals surface area (Å²) in [7, 11) is 0. The Hall–Kier alpha value is -7.01. The lowest BCUT2D eigenvalue weighted by molar-refractivity contribution is -0.159. The Morgan fingerprint density at radius 1 is 0.460 bits per heavy atom. The van der Waals surface area contributed by atoms with E-state index in [1.807, 2.05) is 0 Å². The minimum atomic E-state index is -1.22. The largest absolute Gasteiger partial charge is 0.508 e. The summed E-state index contributed by atoms with van der Waals surface area (Å²) in [5.74, 6) is -4.38. The van der Waals surface area contributed by atoms with Crippen LogP contribution in [0.25, 0.3) is 0 Å². The zero-order valence-corrected chi connectivity index (χ0v) is 54.4. The fourth-order valence-electron chi connectivity index (χ4n) is 8.61. The molecule has 2 aromatic rings. The highest BCUT2D eigenvalue weighted by Gasteiger charge is 2.32. The van der Waals surface area contributed by atoms with Gasteiger partial charge in [-0.25, -0.2) is 14.4 Å². The molecule has 0 aliphatic carbocycles. The van der Waals surface area contributed by atoms with E-state index in [9.17, 15) is 58.5 Å². The second-order valence-electron chi connectivity index (χ2n) is 26.8. The molecule has 87 heavy (non-hydrogen) atoms. The van der Waals surface area contributed by atoms with E-state index >= 15 is 0 Å². The summed E-state index contributed by atoms with van der Waals surface area (Å²) in [5, 5.41) is 42.1. The van der Waals surface area contributed by atoms with Crippen LogP contribution in [0.1, 0.15) is 197 Å². The maximum Gasteiger partial charge on any atom is 0.329 e. The Labute approximate surface area is 515 Å². The number of aryl methyl sites for hydroxylation is 2. The number of hydrogen-bond donors (Lipinski definition) is 7. The first kappa shape index (κ1) is 76.1. The van der Waals surface area contributed by atoms with Gasteiger partial charge in [-0.1, -0.05) is 30.7 Å². The van der Waals surface area contributed by atoms with Crippen molar-refractivity contribution in [3.63, 3.8) is 0 Å². The molecule has 0 fully saturated rings. The number of phenols is 2. The lowest BCUT2D eigenvalue weighted by Gasteiger charge is -2.29. The minimum absolute atomic E-state index is 0.0238. The lowest BCUT2D eigenvalue weighted by Crippen LogP contribution is -2.53. The molecule has 23 heteroatoms. The average molecular weight is 1230 g/mol. The number of hydrogen-bond acceptors (Lipinski definition) is 18. The van der Waals surface area contributed by atoms with Crippen LogP contribution in [0.15, 0.2) is 36.4 Å². The molecule has 0 aliphatic rings. The number of nitrogens with one attached hydrogen (secondary N) is 4. The van der Waals surface area contributed by atoms with Gasteiger partial charge in [-0.3, -0.25) is 38.6 Å². The fourth-order valence-corrected chi connectivity index (χ4v) is 8.61. The van der Waals surface area contributed by atoms with Crippen LogP contribution in [-0.4, -0.2) is 158 Å². The Bertz CT molecular complexity index is 2590. The van der Waals surface area contributed by atoms with Crippen molar-refractivity contribution in [3.8, 4) is 11.5 Å². The van der Waals surface area contributed by atoms with Gasteiger partial charge in [0.15, 0.2) is 0 Å². The zero-order chi connectivity index (χ0) is 65.9. The van der Waals surface area contributed by atoms with Crippen LogP contribution in [0.5, 0.6) is 11.5 Å². The third-order valence-corrected chi connectivity index (χ3v) is 12.3. The molecule has 0 heterocycles. The number of aromatic hydroxyl groups is 2. The Balaban J connectivity index is 1.96. The highest BCUT2D eigenvalue weighted by atomic mass is 16.6. The molecule has 0 bridgehead atoms. The van der Waals surface area contributed by atoms with Gasteiger partial charge in [-0.2, -0.15) is 0 Å². The SMILES string of the molecule is CC(C)(C)OC(=O)CC[C@H](NC(=O)N[C@@H](CCCCNC(=O)CCCCCNC(=O)CCc1ccc(O)c(CN(CCN(CC(=O)OC(C)(C)C)Cc2cc(CCC(=O)O)ccc2O)CC(=O)OC(C)(C)C)c1)C(=O)OC(C)(C)C)C(=O)OC(C)(C)C. The summed E-state index contributed by atoms with van der Waals surface area (Å²) in [6, 6.07) is 6.72. The summed E-state index contributed by atoms with van der Waals surface area (Å²) in [6.07, 6.45) is 3.61. The van der Waals surface area contributed by atoms with Crippen LogP contribution < -0.4 is 21.3 Å². The molecule has 0 unspecified atom stereocenters. The molecular formula is C64H102N6O17. The standard InChI is InChI=1S/C64H102N6O17/c1-60(2,3)83-54(77)32-27-48(58(81)87-64(13,14)15)68-59(82)67-47(57(80)86-63(10,11)12)21-18-20-34-65-51(73)22-17-16-19-33-66-52(74)30-25-43-23-28-49(71)45(37-43)39-69(41-55(78)84-61(4,5)6)35-36-70(42-56(79)85-62(7,8)9)40-46-38-44(24-29-50(46)72)26-31-53(75)76/h23-24,28-29,37-38,47-48,71-72H,16-22,25-27,30-36,39-42H2,1-15H3,(H,65,73)(H,66,74)(H,75,76)(H2,67,68,82)/t47-,48-/m0/s1. The van der Waals surface area contributed by atoms with E-state index < -0.39 is 81.9 Å². The van der Waals surface area contributed by atoms with Gasteiger partial charge < -0.3 is 60.3 Å². The third kappa shape index (κ3) is 36.7. The molecule has 0 radical (unpaired) electrons. The number of urea groups is 1. The molecule has 2 aromatic carbocycles. The Kier molecular flexibility index (Phi) is 31.2. The Morgan fingerprint density at radius 2 is 0.851 bits per heavy atom. The van der Waals surface area contributed by atoms with Crippen LogP contribution in [-0.2, 0) is 88.0 Å². The molecule has 23 nitrogen and oxygen atoms in total. The zero-order valence-electron chi connectivity index (χ0n) is 54.4. The number of carbonyl (C=O) groups is 9. The first-order valence-electron chi connectivity index (χ1n) is 30.1. The van der Waals surface area contributed by atoms with E-state index in [0.29, 0.717) is 68.3 Å². The average Bonchev–Trinajstić information content (AvgIpc) is 3.12. The topological polar surface area (TPSA) is 315 Å². The van der Waals surface area contributed by atoms with Gasteiger partial charge in [0.2, 0.25) is 11.8 Å². The molecule has 0 aliphatic heterocycles. The van der Waals surface area contributed by atoms with Gasteiger partial charge in [0, 0.05) is 76.1 Å². The summed E-state index contributed by atoms with van der Waals surface area (Å²) < 4.78 is 27.7. The number of esters is 5. The number of rotatable bonds is 35. The molecule has 4 amide bonds. The van der Waals surface area contributed by atoms with Crippen LogP contribution in [0.3, 0.4) is 0 Å². The molecule has 0 spiro atoms. The van der Waals surface area contributed by atoms with Crippen molar-refractivity contribution < 1.29 is 82.2 Å². The second-order valence-corrected chi connectivity index (χ2v) is 26.8. The monoisotopic (exact) mass is 1230 g/mol. The summed E-state index contributed by atoms with van der Waals surface area (Å²) >= 11 is 0. The molecule has 0 saturated heterocycles. The number of benzene rings is 2. The Morgan fingerprint density at radius 3 is 1.28 bits per heavy atom. The number of phenolic OH excluding ortho intramolecular Hbond substituents is 2. The fraction of sp³-hybridized carbons (Fsp3) is 0.672. The molecule has 490 valence electrons. The van der Waals surface area contributed by atoms with Gasteiger partial charge in [0.05, 0.1) is 13.1 Å². The van der Waals surface area contributed by atoms with E-state index in [4.69, 9.17) is 23.7 Å². The van der Waals surface area contributed by atoms with Crippen molar-refractivity contribution in [3.05, 3.63) is 58.7 Å². The maximum absolute atomic E-state index is 13.3. The number of ether oxygens (including phenoxy) is 5. The number of unbranched alkanes of at least 4 members (excludes halogenated alkanes) is 3. The first-order valence-corrected chi connectivity index (χ1v) is 30.1. The molecule has 2 atom stereocenters. The summed E-state index contributed by atoms with van der Waals surface area (Å²) in [5.41, 5.74) is -1.61. The quantitative estimate of drug-likeness (QED) is 0.0196. The van der Waals surface area contributed by atoms with Crippen molar-refractivity contribution in [2.45, 2.75) is 241 Å². The summed E-state index contributed by atoms with van der Waals surface area (Å²) in [4.78, 5) is 119. The number of aliphatic carboxylic acids is 1. The van der Waals surface area contributed by atoms with E-state index in [1.165, 1.54) is 12.1 Å². The normalized spacial score (nSPS) is 12.8.